The molecule has 0 aliphatic heterocycles. The molecule has 2 heteroatoms. The van der Waals surface area contributed by atoms with Crippen LogP contribution in [0.1, 0.15) is 41.0 Å². The van der Waals surface area contributed by atoms with Gasteiger partial charge in [-0.15, -0.1) is 0 Å². The molecule has 1 N–H and O–H groups in total. The molecule has 0 saturated heterocycles. The summed E-state index contributed by atoms with van der Waals surface area (Å²) in [4.78, 5) is 0. The van der Waals surface area contributed by atoms with Crippen molar-refractivity contribution in [3.05, 3.63) is 0 Å². The summed E-state index contributed by atoms with van der Waals surface area (Å²) in [7, 11) is 1.77. The van der Waals surface area contributed by atoms with Gasteiger partial charge < -0.3 is 10.1 Å². The lowest BCUT2D eigenvalue weighted by atomic mass is 10.0. The minimum atomic E-state index is 0.480. The monoisotopic (exact) mass is 201 g/mol. The summed E-state index contributed by atoms with van der Waals surface area (Å²) in [6.07, 6.45) is 1.23. The molecule has 0 aliphatic rings. The molecule has 0 rings (SSSR count). The van der Waals surface area contributed by atoms with Crippen LogP contribution in [0.15, 0.2) is 0 Å². The van der Waals surface area contributed by atoms with Crippen molar-refractivity contribution in [2.45, 2.75) is 53.1 Å². The van der Waals surface area contributed by atoms with E-state index in [1.54, 1.807) is 7.11 Å². The minimum Gasteiger partial charge on any atom is -0.383 e. The number of rotatable bonds is 7. The summed E-state index contributed by atoms with van der Waals surface area (Å²) in [6.45, 7) is 12.1. The molecule has 0 spiro atoms. The Hall–Kier alpha value is -0.0800. The highest BCUT2D eigenvalue weighted by Crippen LogP contribution is 2.08. The number of methoxy groups -OCH3 is 1. The van der Waals surface area contributed by atoms with Crippen LogP contribution in [0.3, 0.4) is 0 Å². The third-order valence-corrected chi connectivity index (χ3v) is 2.47. The Labute approximate surface area is 89.4 Å². The molecule has 0 fully saturated rings. The normalized spacial score (nSPS) is 16.3. The van der Waals surface area contributed by atoms with E-state index in [1.165, 1.54) is 6.42 Å². The van der Waals surface area contributed by atoms with Crippen molar-refractivity contribution < 1.29 is 4.74 Å². The standard InChI is InChI=1S/C12H27NO/c1-9(2)7-11(5)13-12(8-14-6)10(3)4/h9-13H,7-8H2,1-6H3. The summed E-state index contributed by atoms with van der Waals surface area (Å²) in [5.74, 6) is 1.39. The minimum absolute atomic E-state index is 0.480. The van der Waals surface area contributed by atoms with E-state index >= 15 is 0 Å². The van der Waals surface area contributed by atoms with E-state index in [0.717, 1.165) is 12.5 Å². The van der Waals surface area contributed by atoms with Gasteiger partial charge >= 0.3 is 0 Å². The van der Waals surface area contributed by atoms with Gasteiger partial charge in [-0.05, 0) is 25.2 Å². The van der Waals surface area contributed by atoms with Gasteiger partial charge in [0.1, 0.15) is 0 Å². The highest BCUT2D eigenvalue weighted by molar-refractivity contribution is 4.74. The van der Waals surface area contributed by atoms with Gasteiger partial charge in [-0.2, -0.15) is 0 Å². The quantitative estimate of drug-likeness (QED) is 0.684. The largest absolute Gasteiger partial charge is 0.383 e. The van der Waals surface area contributed by atoms with Gasteiger partial charge in [0.05, 0.1) is 6.61 Å². The van der Waals surface area contributed by atoms with E-state index in [4.69, 9.17) is 4.74 Å². The topological polar surface area (TPSA) is 21.3 Å². The summed E-state index contributed by atoms with van der Waals surface area (Å²) in [5.41, 5.74) is 0. The summed E-state index contributed by atoms with van der Waals surface area (Å²) in [6, 6.07) is 1.06. The van der Waals surface area contributed by atoms with Crippen molar-refractivity contribution >= 4 is 0 Å². The van der Waals surface area contributed by atoms with Crippen LogP contribution in [-0.4, -0.2) is 25.8 Å². The van der Waals surface area contributed by atoms with Crippen LogP contribution in [-0.2, 0) is 4.74 Å². The second-order valence-corrected chi connectivity index (χ2v) is 5.00. The third-order valence-electron chi connectivity index (χ3n) is 2.47. The fourth-order valence-corrected chi connectivity index (χ4v) is 1.75. The fourth-order valence-electron chi connectivity index (χ4n) is 1.75. The van der Waals surface area contributed by atoms with E-state index in [1.807, 2.05) is 0 Å². The summed E-state index contributed by atoms with van der Waals surface area (Å²) >= 11 is 0. The van der Waals surface area contributed by atoms with Gasteiger partial charge in [0.2, 0.25) is 0 Å². The third kappa shape index (κ3) is 6.39. The van der Waals surface area contributed by atoms with E-state index in [0.29, 0.717) is 18.0 Å². The SMILES string of the molecule is COCC(NC(C)CC(C)C)C(C)C. The number of nitrogens with one attached hydrogen (secondary N) is 1. The molecule has 0 amide bonds. The van der Waals surface area contributed by atoms with Gasteiger partial charge in [-0.25, -0.2) is 0 Å². The molecule has 0 radical (unpaired) electrons. The molecule has 2 unspecified atom stereocenters. The maximum atomic E-state index is 5.21. The maximum Gasteiger partial charge on any atom is 0.0618 e. The zero-order valence-electron chi connectivity index (χ0n) is 10.6. The van der Waals surface area contributed by atoms with E-state index in [9.17, 15) is 0 Å². The van der Waals surface area contributed by atoms with Crippen molar-refractivity contribution in [1.29, 1.82) is 0 Å². The van der Waals surface area contributed by atoms with E-state index < -0.39 is 0 Å². The van der Waals surface area contributed by atoms with Crippen molar-refractivity contribution in [2.75, 3.05) is 13.7 Å². The highest BCUT2D eigenvalue weighted by Gasteiger charge is 2.15. The molecule has 0 aromatic heterocycles. The lowest BCUT2D eigenvalue weighted by Crippen LogP contribution is -2.43. The molecular weight excluding hydrogens is 174 g/mol. The maximum absolute atomic E-state index is 5.21. The van der Waals surface area contributed by atoms with Crippen LogP contribution in [0.4, 0.5) is 0 Å². The van der Waals surface area contributed by atoms with Gasteiger partial charge in [-0.3, -0.25) is 0 Å². The average molecular weight is 201 g/mol. The second kappa shape index (κ2) is 7.24. The molecular formula is C12H27NO. The molecule has 0 aromatic rings. The lowest BCUT2D eigenvalue weighted by molar-refractivity contribution is 0.139. The highest BCUT2D eigenvalue weighted by atomic mass is 16.5. The van der Waals surface area contributed by atoms with Crippen LogP contribution >= 0.6 is 0 Å². The van der Waals surface area contributed by atoms with Gasteiger partial charge in [0.15, 0.2) is 0 Å². The summed E-state index contributed by atoms with van der Waals surface area (Å²) < 4.78 is 5.21. The lowest BCUT2D eigenvalue weighted by Gasteiger charge is -2.26. The predicted octanol–water partition coefficient (Wildman–Crippen LogP) is 2.68. The second-order valence-electron chi connectivity index (χ2n) is 5.00. The Bertz CT molecular complexity index is 134. The van der Waals surface area contributed by atoms with Crippen LogP contribution in [0.5, 0.6) is 0 Å². The molecule has 86 valence electrons. The summed E-state index contributed by atoms with van der Waals surface area (Å²) in [5, 5.41) is 3.62. The molecule has 2 nitrogen and oxygen atoms in total. The number of hydrogen-bond donors (Lipinski definition) is 1. The molecule has 0 aliphatic carbocycles. The predicted molar refractivity (Wildman–Crippen MR) is 62.6 cm³/mol. The van der Waals surface area contributed by atoms with Gasteiger partial charge in [0, 0.05) is 19.2 Å². The van der Waals surface area contributed by atoms with Gasteiger partial charge in [0.25, 0.3) is 0 Å². The Morgan fingerprint density at radius 1 is 1.07 bits per heavy atom. The Morgan fingerprint density at radius 3 is 2.00 bits per heavy atom. The smallest absolute Gasteiger partial charge is 0.0618 e. The average Bonchev–Trinajstić information content (AvgIpc) is 2.01. The van der Waals surface area contributed by atoms with Crippen LogP contribution in [0, 0.1) is 11.8 Å². The van der Waals surface area contributed by atoms with Crippen LogP contribution in [0.25, 0.3) is 0 Å². The first kappa shape index (κ1) is 13.9. The zero-order chi connectivity index (χ0) is 11.1. The van der Waals surface area contributed by atoms with Gasteiger partial charge in [-0.1, -0.05) is 27.7 Å². The molecule has 14 heavy (non-hydrogen) atoms. The molecule has 0 aromatic carbocycles. The Kier molecular flexibility index (Phi) is 7.20. The van der Waals surface area contributed by atoms with Crippen LogP contribution in [0.2, 0.25) is 0 Å². The van der Waals surface area contributed by atoms with Crippen molar-refractivity contribution in [1.82, 2.24) is 5.32 Å². The van der Waals surface area contributed by atoms with Crippen molar-refractivity contribution in [3.8, 4) is 0 Å². The number of hydrogen-bond acceptors (Lipinski definition) is 2. The van der Waals surface area contributed by atoms with Crippen LogP contribution < -0.4 is 5.32 Å². The van der Waals surface area contributed by atoms with Crippen molar-refractivity contribution in [2.24, 2.45) is 11.8 Å². The molecule has 0 heterocycles. The van der Waals surface area contributed by atoms with E-state index in [2.05, 4.69) is 39.9 Å². The zero-order valence-corrected chi connectivity index (χ0v) is 10.6. The van der Waals surface area contributed by atoms with E-state index in [-0.39, 0.29) is 0 Å². The number of ether oxygens (including phenoxy) is 1. The van der Waals surface area contributed by atoms with Crippen molar-refractivity contribution in [3.63, 3.8) is 0 Å². The molecule has 0 saturated carbocycles. The first-order chi connectivity index (χ1) is 6.47. The first-order valence-corrected chi connectivity index (χ1v) is 5.72. The first-order valence-electron chi connectivity index (χ1n) is 5.72. The fraction of sp³-hybridized carbons (Fsp3) is 1.00. The molecule has 0 bridgehead atoms. The Balaban J connectivity index is 3.89. The Morgan fingerprint density at radius 2 is 1.64 bits per heavy atom. The molecule has 2 atom stereocenters.